The topological polar surface area (TPSA) is 3.24 Å². The van der Waals surface area contributed by atoms with E-state index in [0.29, 0.717) is 0 Å². The van der Waals surface area contributed by atoms with Crippen LogP contribution in [-0.4, -0.2) is 24.5 Å². The number of rotatable bonds is 3. The van der Waals surface area contributed by atoms with E-state index in [9.17, 15) is 0 Å². The van der Waals surface area contributed by atoms with Crippen LogP contribution in [0.4, 0.5) is 0 Å². The molecule has 18 heavy (non-hydrogen) atoms. The zero-order valence-electron chi connectivity index (χ0n) is 11.9. The molecule has 100 valence electrons. The van der Waals surface area contributed by atoms with Gasteiger partial charge in [-0.15, -0.1) is 0 Å². The molecule has 2 fully saturated rings. The molecule has 1 aliphatic carbocycles. The Morgan fingerprint density at radius 1 is 0.944 bits per heavy atom. The summed E-state index contributed by atoms with van der Waals surface area (Å²) in [5, 5.41) is 0. The highest BCUT2D eigenvalue weighted by Gasteiger charge is 2.27. The van der Waals surface area contributed by atoms with Crippen molar-refractivity contribution in [3.05, 3.63) is 35.9 Å². The minimum Gasteiger partial charge on any atom is -0.303 e. The molecular weight excluding hydrogens is 218 g/mol. The van der Waals surface area contributed by atoms with Gasteiger partial charge in [-0.25, -0.2) is 0 Å². The second kappa shape index (κ2) is 6.94. The highest BCUT2D eigenvalue weighted by atomic mass is 15.1. The van der Waals surface area contributed by atoms with Gasteiger partial charge in [0.25, 0.3) is 0 Å². The highest BCUT2D eigenvalue weighted by molar-refractivity contribution is 5.20. The fourth-order valence-corrected chi connectivity index (χ4v) is 2.84. The van der Waals surface area contributed by atoms with Gasteiger partial charge in [0.2, 0.25) is 0 Å². The summed E-state index contributed by atoms with van der Waals surface area (Å²) in [5.74, 6) is 1.87. The maximum absolute atomic E-state index is 2.68. The molecule has 1 heterocycles. The van der Waals surface area contributed by atoms with Gasteiger partial charge < -0.3 is 4.90 Å². The molecule has 0 radical (unpaired) electrons. The smallest absolute Gasteiger partial charge is 0.000967 e. The molecule has 0 aromatic heterocycles. The molecule has 0 unspecified atom stereocenters. The molecule has 1 heteroatoms. The van der Waals surface area contributed by atoms with Gasteiger partial charge in [0.15, 0.2) is 0 Å². The predicted molar refractivity (Wildman–Crippen MR) is 78.9 cm³/mol. The van der Waals surface area contributed by atoms with Gasteiger partial charge in [-0.1, -0.05) is 44.2 Å². The minimum absolute atomic E-state index is 0.816. The number of hydrogen-bond donors (Lipinski definition) is 0. The molecule has 1 aliphatic heterocycles. The van der Waals surface area contributed by atoms with Crippen LogP contribution >= 0.6 is 0 Å². The van der Waals surface area contributed by atoms with E-state index >= 15 is 0 Å². The number of hydrogen-bond acceptors (Lipinski definition) is 1. The van der Waals surface area contributed by atoms with Crippen LogP contribution in [0.25, 0.3) is 0 Å². The van der Waals surface area contributed by atoms with Crippen molar-refractivity contribution in [1.82, 2.24) is 4.90 Å². The average Bonchev–Trinajstić information content (AvgIpc) is 3.27. The monoisotopic (exact) mass is 245 g/mol. The molecule has 0 amide bonds. The predicted octanol–water partition coefficient (Wildman–Crippen LogP) is 4.30. The molecule has 0 spiro atoms. The lowest BCUT2D eigenvalue weighted by Gasteiger charge is -2.32. The molecule has 0 atom stereocenters. The van der Waals surface area contributed by atoms with Crippen LogP contribution in [0.1, 0.15) is 51.0 Å². The van der Waals surface area contributed by atoms with E-state index in [2.05, 4.69) is 35.2 Å². The normalized spacial score (nSPS) is 21.2. The van der Waals surface area contributed by atoms with Gasteiger partial charge in [-0.05, 0) is 56.2 Å². The van der Waals surface area contributed by atoms with E-state index in [1.54, 1.807) is 5.56 Å². The van der Waals surface area contributed by atoms with Gasteiger partial charge in [0.05, 0.1) is 0 Å². The third-order valence-corrected chi connectivity index (χ3v) is 4.07. The van der Waals surface area contributed by atoms with Crippen molar-refractivity contribution < 1.29 is 0 Å². The van der Waals surface area contributed by atoms with Crippen LogP contribution < -0.4 is 0 Å². The minimum atomic E-state index is 0.816. The largest absolute Gasteiger partial charge is 0.303 e. The Balaban J connectivity index is 0.000000574. The van der Waals surface area contributed by atoms with Crippen molar-refractivity contribution in [1.29, 1.82) is 0 Å². The highest BCUT2D eigenvalue weighted by Crippen LogP contribution is 2.33. The van der Waals surface area contributed by atoms with Gasteiger partial charge in [-0.2, -0.15) is 0 Å². The van der Waals surface area contributed by atoms with E-state index in [1.807, 2.05) is 13.8 Å². The van der Waals surface area contributed by atoms with Crippen molar-refractivity contribution in [2.45, 2.75) is 45.4 Å². The van der Waals surface area contributed by atoms with Gasteiger partial charge in [-0.3, -0.25) is 0 Å². The molecule has 0 N–H and O–H groups in total. The first kappa shape index (κ1) is 13.6. The molecule has 3 rings (SSSR count). The summed E-state index contributed by atoms with van der Waals surface area (Å²) in [7, 11) is 0. The maximum atomic E-state index is 2.68. The quantitative estimate of drug-likeness (QED) is 0.767. The second-order valence-corrected chi connectivity index (χ2v) is 5.43. The summed E-state index contributed by atoms with van der Waals surface area (Å²) < 4.78 is 0. The van der Waals surface area contributed by atoms with Crippen LogP contribution in [0.2, 0.25) is 0 Å². The van der Waals surface area contributed by atoms with E-state index in [0.717, 1.165) is 11.8 Å². The van der Waals surface area contributed by atoms with Crippen molar-refractivity contribution in [2.75, 3.05) is 19.6 Å². The summed E-state index contributed by atoms with van der Waals surface area (Å²) in [6, 6.07) is 11.0. The standard InChI is InChI=1S/C15H21N.C2H6/c1-2-4-14(5-3-1)15-8-10-16(11-9-15)12-13-6-7-13;1-2/h1-5,13,15H,6-12H2;1-2H3. The Morgan fingerprint density at radius 3 is 2.11 bits per heavy atom. The van der Waals surface area contributed by atoms with Crippen molar-refractivity contribution in [3.8, 4) is 0 Å². The molecule has 1 saturated carbocycles. The second-order valence-electron chi connectivity index (χ2n) is 5.43. The molecule has 0 bridgehead atoms. The lowest BCUT2D eigenvalue weighted by Crippen LogP contribution is -2.34. The van der Waals surface area contributed by atoms with Crippen LogP contribution in [0, 0.1) is 5.92 Å². The van der Waals surface area contributed by atoms with Crippen LogP contribution in [0.3, 0.4) is 0 Å². The number of nitrogens with zero attached hydrogens (tertiary/aromatic N) is 1. The van der Waals surface area contributed by atoms with E-state index in [4.69, 9.17) is 0 Å². The molecule has 1 aromatic carbocycles. The van der Waals surface area contributed by atoms with Crippen LogP contribution in [-0.2, 0) is 0 Å². The zero-order chi connectivity index (χ0) is 12.8. The molecule has 1 nitrogen and oxygen atoms in total. The summed E-state index contributed by atoms with van der Waals surface area (Å²) in [5.41, 5.74) is 1.55. The molecular formula is C17H27N. The van der Waals surface area contributed by atoms with Crippen LogP contribution in [0.15, 0.2) is 30.3 Å². The van der Waals surface area contributed by atoms with Crippen LogP contribution in [0.5, 0.6) is 0 Å². The molecule has 1 aromatic rings. The third-order valence-electron chi connectivity index (χ3n) is 4.07. The molecule has 2 aliphatic rings. The average molecular weight is 245 g/mol. The fraction of sp³-hybridized carbons (Fsp3) is 0.647. The van der Waals surface area contributed by atoms with E-state index < -0.39 is 0 Å². The Bertz CT molecular complexity index is 321. The number of piperidine rings is 1. The lowest BCUT2D eigenvalue weighted by atomic mass is 9.89. The zero-order valence-corrected chi connectivity index (χ0v) is 11.9. The Morgan fingerprint density at radius 2 is 1.56 bits per heavy atom. The Kier molecular flexibility index (Phi) is 5.25. The number of likely N-dealkylation sites (tertiary alicyclic amines) is 1. The van der Waals surface area contributed by atoms with E-state index in [1.165, 1.54) is 45.3 Å². The Hall–Kier alpha value is -0.820. The molecule has 1 saturated heterocycles. The number of benzene rings is 1. The van der Waals surface area contributed by atoms with Gasteiger partial charge in [0, 0.05) is 6.54 Å². The fourth-order valence-electron chi connectivity index (χ4n) is 2.84. The Labute approximate surface area is 112 Å². The van der Waals surface area contributed by atoms with Crippen molar-refractivity contribution in [2.24, 2.45) is 5.92 Å². The summed E-state index contributed by atoms with van der Waals surface area (Å²) in [6.07, 6.45) is 5.69. The first-order valence-corrected chi connectivity index (χ1v) is 7.69. The maximum Gasteiger partial charge on any atom is 0.000967 e. The lowest BCUT2D eigenvalue weighted by molar-refractivity contribution is 0.204. The first-order valence-electron chi connectivity index (χ1n) is 7.69. The SMILES string of the molecule is CC.c1ccc(C2CCN(CC3CC3)CC2)cc1. The first-order chi connectivity index (χ1) is 8.92. The summed E-state index contributed by atoms with van der Waals surface area (Å²) in [6.45, 7) is 8.01. The van der Waals surface area contributed by atoms with Crippen molar-refractivity contribution >= 4 is 0 Å². The summed E-state index contributed by atoms with van der Waals surface area (Å²) in [4.78, 5) is 2.68. The summed E-state index contributed by atoms with van der Waals surface area (Å²) >= 11 is 0. The van der Waals surface area contributed by atoms with E-state index in [-0.39, 0.29) is 0 Å². The third kappa shape index (κ3) is 3.84. The van der Waals surface area contributed by atoms with Gasteiger partial charge in [0.1, 0.15) is 0 Å². The van der Waals surface area contributed by atoms with Crippen molar-refractivity contribution in [3.63, 3.8) is 0 Å². The van der Waals surface area contributed by atoms with Gasteiger partial charge >= 0.3 is 0 Å².